The largest absolute Gasteiger partial charge is 0.269 e. The summed E-state index contributed by atoms with van der Waals surface area (Å²) < 4.78 is 0. The molecule has 0 aliphatic carbocycles. The van der Waals surface area contributed by atoms with Crippen LogP contribution in [0.3, 0.4) is 0 Å². The molecule has 3 rings (SSSR count). The maximum Gasteiger partial charge on any atom is 0.182 e. The van der Waals surface area contributed by atoms with Crippen molar-refractivity contribution in [3.63, 3.8) is 0 Å². The molecule has 17 heavy (non-hydrogen) atoms. The van der Waals surface area contributed by atoms with Crippen LogP contribution in [0.5, 0.6) is 0 Å². The highest BCUT2D eigenvalue weighted by atomic mass is 32.2. The maximum atomic E-state index is 4.66. The van der Waals surface area contributed by atoms with Crippen LogP contribution in [-0.4, -0.2) is 36.3 Å². The molecule has 5 nitrogen and oxygen atoms in total. The Labute approximate surface area is 103 Å². The van der Waals surface area contributed by atoms with Gasteiger partial charge in [0.2, 0.25) is 0 Å². The second kappa shape index (κ2) is 3.73. The molecule has 0 unspecified atom stereocenters. The van der Waals surface area contributed by atoms with Crippen LogP contribution in [0.25, 0.3) is 11.2 Å². The Morgan fingerprint density at radius 2 is 1.94 bits per heavy atom. The third-order valence-electron chi connectivity index (χ3n) is 2.44. The lowest BCUT2D eigenvalue weighted by molar-refractivity contribution is 0.605. The van der Waals surface area contributed by atoms with E-state index in [-0.39, 0.29) is 5.54 Å². The predicted octanol–water partition coefficient (Wildman–Crippen LogP) is 1.69. The van der Waals surface area contributed by atoms with Gasteiger partial charge in [-0.3, -0.25) is 4.99 Å². The highest BCUT2D eigenvalue weighted by Crippen LogP contribution is 2.30. The Morgan fingerprint density at radius 1 is 1.12 bits per heavy atom. The van der Waals surface area contributed by atoms with E-state index in [0.29, 0.717) is 5.65 Å². The molecule has 0 fully saturated rings. The van der Waals surface area contributed by atoms with E-state index in [2.05, 4.69) is 38.8 Å². The van der Waals surface area contributed by atoms with Crippen molar-refractivity contribution in [3.8, 4) is 0 Å². The molecule has 0 aromatic carbocycles. The Balaban J connectivity index is 2.19. The minimum atomic E-state index is -0.0283. The van der Waals surface area contributed by atoms with Gasteiger partial charge in [-0.25, -0.2) is 19.9 Å². The van der Waals surface area contributed by atoms with E-state index in [0.717, 1.165) is 22.0 Å². The number of aliphatic imine (C=N–C) groups is 1. The standard InChI is InChI=1S/C11H11N5S/c1-11(2)5-17-10(16-11)8-7-9(15-6-14-8)13-4-3-12-7/h3-4,6H,5H2,1-2H3. The molecule has 0 N–H and O–H groups in total. The van der Waals surface area contributed by atoms with Crippen LogP contribution in [0.4, 0.5) is 0 Å². The van der Waals surface area contributed by atoms with Gasteiger partial charge >= 0.3 is 0 Å². The van der Waals surface area contributed by atoms with Crippen molar-refractivity contribution in [2.24, 2.45) is 4.99 Å². The lowest BCUT2D eigenvalue weighted by Gasteiger charge is -2.09. The molecule has 0 atom stereocenters. The minimum absolute atomic E-state index is 0.0283. The number of aromatic nitrogens is 4. The summed E-state index contributed by atoms with van der Waals surface area (Å²) in [4.78, 5) is 21.5. The van der Waals surface area contributed by atoms with E-state index in [1.54, 1.807) is 24.2 Å². The summed E-state index contributed by atoms with van der Waals surface area (Å²) in [5.41, 5.74) is 2.10. The second-order valence-corrected chi connectivity index (χ2v) is 5.43. The molecule has 0 saturated heterocycles. The van der Waals surface area contributed by atoms with E-state index in [1.165, 1.54) is 6.33 Å². The summed E-state index contributed by atoms with van der Waals surface area (Å²) in [5.74, 6) is 0.966. The van der Waals surface area contributed by atoms with E-state index in [9.17, 15) is 0 Å². The predicted molar refractivity (Wildman–Crippen MR) is 68.2 cm³/mol. The average molecular weight is 245 g/mol. The third-order valence-corrected chi connectivity index (χ3v) is 3.85. The molecule has 0 bridgehead atoms. The molecule has 86 valence electrons. The highest BCUT2D eigenvalue weighted by molar-refractivity contribution is 8.14. The molecule has 0 amide bonds. The van der Waals surface area contributed by atoms with Crippen LogP contribution in [0, 0.1) is 0 Å². The van der Waals surface area contributed by atoms with Crippen LogP contribution in [0.2, 0.25) is 0 Å². The summed E-state index contributed by atoms with van der Waals surface area (Å²) in [5, 5.41) is 0.933. The smallest absolute Gasteiger partial charge is 0.182 e. The number of hydrogen-bond donors (Lipinski definition) is 0. The Hall–Kier alpha value is -1.56. The van der Waals surface area contributed by atoms with Crippen LogP contribution < -0.4 is 0 Å². The number of hydrogen-bond acceptors (Lipinski definition) is 6. The van der Waals surface area contributed by atoms with E-state index >= 15 is 0 Å². The van der Waals surface area contributed by atoms with Crippen molar-refractivity contribution in [1.82, 2.24) is 19.9 Å². The van der Waals surface area contributed by atoms with Crippen molar-refractivity contribution < 1.29 is 0 Å². The van der Waals surface area contributed by atoms with Gasteiger partial charge in [-0.1, -0.05) is 0 Å². The number of fused-ring (bicyclic) bond motifs is 1. The molecule has 3 heterocycles. The quantitative estimate of drug-likeness (QED) is 0.765. The van der Waals surface area contributed by atoms with Crippen molar-refractivity contribution in [2.45, 2.75) is 19.4 Å². The molecule has 2 aromatic rings. The molecule has 6 heteroatoms. The van der Waals surface area contributed by atoms with Gasteiger partial charge in [0.1, 0.15) is 22.6 Å². The van der Waals surface area contributed by atoms with Gasteiger partial charge in [0, 0.05) is 18.1 Å². The average Bonchev–Trinajstić information content (AvgIpc) is 2.69. The van der Waals surface area contributed by atoms with Gasteiger partial charge < -0.3 is 0 Å². The fourth-order valence-corrected chi connectivity index (χ4v) is 2.81. The molecule has 0 radical (unpaired) electrons. The number of nitrogens with zero attached hydrogens (tertiary/aromatic N) is 5. The fraction of sp³-hybridized carbons (Fsp3) is 0.364. The first kappa shape index (κ1) is 10.6. The van der Waals surface area contributed by atoms with Crippen molar-refractivity contribution >= 4 is 28.0 Å². The number of thioether (sulfide) groups is 1. The second-order valence-electron chi connectivity index (χ2n) is 4.47. The summed E-state index contributed by atoms with van der Waals surface area (Å²) in [6.45, 7) is 4.23. The zero-order valence-corrected chi connectivity index (χ0v) is 10.4. The van der Waals surface area contributed by atoms with E-state index < -0.39 is 0 Å². The summed E-state index contributed by atoms with van der Waals surface area (Å²) in [6, 6.07) is 0. The number of rotatable bonds is 1. The minimum Gasteiger partial charge on any atom is -0.269 e. The first-order valence-corrected chi connectivity index (χ1v) is 6.29. The third kappa shape index (κ3) is 1.88. The van der Waals surface area contributed by atoms with Gasteiger partial charge in [0.25, 0.3) is 0 Å². The molecular formula is C11H11N5S. The molecule has 2 aromatic heterocycles. The van der Waals surface area contributed by atoms with Crippen LogP contribution in [-0.2, 0) is 0 Å². The monoisotopic (exact) mass is 245 g/mol. The normalized spacial score (nSPS) is 18.4. The van der Waals surface area contributed by atoms with E-state index in [1.807, 2.05) is 0 Å². The Kier molecular flexibility index (Phi) is 2.32. The molecular weight excluding hydrogens is 234 g/mol. The van der Waals surface area contributed by atoms with Crippen molar-refractivity contribution in [3.05, 3.63) is 24.4 Å². The topological polar surface area (TPSA) is 63.9 Å². The highest BCUT2D eigenvalue weighted by Gasteiger charge is 2.28. The van der Waals surface area contributed by atoms with Gasteiger partial charge in [0.15, 0.2) is 5.65 Å². The SMILES string of the molecule is CC1(C)CSC(c2ncnc3nccnc23)=N1. The zero-order chi connectivity index (χ0) is 11.9. The van der Waals surface area contributed by atoms with Gasteiger partial charge in [0.05, 0.1) is 5.54 Å². The first-order chi connectivity index (χ1) is 8.16. The molecule has 1 aliphatic heterocycles. The van der Waals surface area contributed by atoms with Crippen molar-refractivity contribution in [2.75, 3.05) is 5.75 Å². The van der Waals surface area contributed by atoms with Crippen LogP contribution in [0.1, 0.15) is 19.5 Å². The fourth-order valence-electron chi connectivity index (χ4n) is 1.66. The Morgan fingerprint density at radius 3 is 2.71 bits per heavy atom. The van der Waals surface area contributed by atoms with Crippen LogP contribution >= 0.6 is 11.8 Å². The summed E-state index contributed by atoms with van der Waals surface area (Å²) >= 11 is 1.71. The van der Waals surface area contributed by atoms with Gasteiger partial charge in [-0.2, -0.15) is 0 Å². The van der Waals surface area contributed by atoms with Gasteiger partial charge in [-0.15, -0.1) is 11.8 Å². The van der Waals surface area contributed by atoms with Gasteiger partial charge in [-0.05, 0) is 13.8 Å². The molecule has 1 aliphatic rings. The lowest BCUT2D eigenvalue weighted by Crippen LogP contribution is -2.15. The zero-order valence-electron chi connectivity index (χ0n) is 9.58. The van der Waals surface area contributed by atoms with E-state index in [4.69, 9.17) is 0 Å². The first-order valence-electron chi connectivity index (χ1n) is 5.30. The molecule has 0 saturated carbocycles. The Bertz CT molecular complexity index is 602. The maximum absolute atomic E-state index is 4.66. The van der Waals surface area contributed by atoms with Crippen molar-refractivity contribution in [1.29, 1.82) is 0 Å². The lowest BCUT2D eigenvalue weighted by atomic mass is 10.1. The molecule has 0 spiro atoms. The summed E-state index contributed by atoms with van der Waals surface area (Å²) in [7, 11) is 0. The summed E-state index contributed by atoms with van der Waals surface area (Å²) in [6.07, 6.45) is 4.80. The van der Waals surface area contributed by atoms with Crippen LogP contribution in [0.15, 0.2) is 23.7 Å².